The highest BCUT2D eigenvalue weighted by Crippen LogP contribution is 2.30. The second-order valence-corrected chi connectivity index (χ2v) is 16.7. The molecule has 1 amide bonds. The molecule has 0 bridgehead atoms. The Morgan fingerprint density at radius 2 is 1.56 bits per heavy atom. The van der Waals surface area contributed by atoms with Gasteiger partial charge < -0.3 is 19.5 Å². The maximum Gasteiger partial charge on any atom is 0.293 e. The van der Waals surface area contributed by atoms with Crippen LogP contribution >= 0.6 is 11.8 Å². The van der Waals surface area contributed by atoms with Crippen molar-refractivity contribution in [2.24, 2.45) is 0 Å². The van der Waals surface area contributed by atoms with Gasteiger partial charge in [-0.05, 0) is 67.1 Å². The standard InChI is InChI=1S/C41H46N8O6S2/c50-41(32-11-13-34(14-12-32)47-23-21-46(22-24-47)30-40-42-18-20-48(40)35-7-3-1-4-8-35)44-57(53,54)37-15-16-38(39(29-37)49(51)52)43-33(17-19-45-25-27-55-28-26-45)31-56-36-9-5-2-6-10-36/h1-16,18,20,29,33,43H,17,19,21-28,30-31H2,(H,44,50)/t33-/m1/s1. The first-order valence-corrected chi connectivity index (χ1v) is 21.4. The highest BCUT2D eigenvalue weighted by Gasteiger charge is 2.26. The number of piperazine rings is 1. The average Bonchev–Trinajstić information content (AvgIpc) is 3.71. The molecule has 2 saturated heterocycles. The van der Waals surface area contributed by atoms with Crippen LogP contribution in [0.5, 0.6) is 0 Å². The predicted octanol–water partition coefficient (Wildman–Crippen LogP) is 5.52. The average molecular weight is 811 g/mol. The number of ether oxygens (including phenoxy) is 1. The zero-order valence-electron chi connectivity index (χ0n) is 31.5. The summed E-state index contributed by atoms with van der Waals surface area (Å²) in [6.45, 7) is 7.68. The van der Waals surface area contributed by atoms with Gasteiger partial charge in [-0.1, -0.05) is 36.4 Å². The Morgan fingerprint density at radius 3 is 2.26 bits per heavy atom. The summed E-state index contributed by atoms with van der Waals surface area (Å²) in [7, 11) is -4.44. The molecule has 1 aromatic heterocycles. The Kier molecular flexibility index (Phi) is 13.2. The van der Waals surface area contributed by atoms with Crippen LogP contribution in [-0.2, 0) is 21.3 Å². The lowest BCUT2D eigenvalue weighted by atomic mass is 10.1. The highest BCUT2D eigenvalue weighted by molar-refractivity contribution is 7.99. The van der Waals surface area contributed by atoms with Gasteiger partial charge in [-0.15, -0.1) is 11.8 Å². The molecular weight excluding hydrogens is 765 g/mol. The molecule has 0 saturated carbocycles. The third-order valence-corrected chi connectivity index (χ3v) is 12.6. The van der Waals surface area contributed by atoms with Crippen molar-refractivity contribution < 1.29 is 22.9 Å². The molecule has 0 unspecified atom stereocenters. The second-order valence-electron chi connectivity index (χ2n) is 13.9. The number of hydrogen-bond acceptors (Lipinski definition) is 12. The summed E-state index contributed by atoms with van der Waals surface area (Å²) in [5.41, 5.74) is 1.96. The number of anilines is 2. The van der Waals surface area contributed by atoms with Crippen LogP contribution in [0.25, 0.3) is 5.69 Å². The number of sulfonamides is 1. The topological polar surface area (TPSA) is 155 Å². The van der Waals surface area contributed by atoms with E-state index < -0.39 is 26.5 Å². The number of imidazole rings is 1. The van der Waals surface area contributed by atoms with Gasteiger partial charge >= 0.3 is 0 Å². The largest absolute Gasteiger partial charge is 0.379 e. The number of aromatic nitrogens is 2. The van der Waals surface area contributed by atoms with E-state index in [9.17, 15) is 23.3 Å². The summed E-state index contributed by atoms with van der Waals surface area (Å²) in [4.78, 5) is 37.0. The zero-order valence-corrected chi connectivity index (χ0v) is 33.1. The number of rotatable bonds is 16. The number of hydrogen-bond donors (Lipinski definition) is 2. The second kappa shape index (κ2) is 18.8. The van der Waals surface area contributed by atoms with Gasteiger partial charge in [0, 0.05) is 97.9 Å². The summed E-state index contributed by atoms with van der Waals surface area (Å²) >= 11 is 1.64. The summed E-state index contributed by atoms with van der Waals surface area (Å²) in [6, 6.07) is 30.3. The quantitative estimate of drug-likeness (QED) is 0.0733. The Bertz CT molecular complexity index is 2210. The fourth-order valence-corrected chi connectivity index (χ4v) is 8.94. The molecule has 2 N–H and O–H groups in total. The molecule has 16 heteroatoms. The predicted molar refractivity (Wildman–Crippen MR) is 222 cm³/mol. The molecule has 0 aliphatic carbocycles. The van der Waals surface area contributed by atoms with Gasteiger partial charge in [0.15, 0.2) is 0 Å². The number of morpholine rings is 1. The lowest BCUT2D eigenvalue weighted by molar-refractivity contribution is -0.384. The minimum Gasteiger partial charge on any atom is -0.379 e. The lowest BCUT2D eigenvalue weighted by Gasteiger charge is -2.36. The first-order valence-electron chi connectivity index (χ1n) is 19.0. The van der Waals surface area contributed by atoms with Gasteiger partial charge in [-0.3, -0.25) is 24.7 Å². The van der Waals surface area contributed by atoms with E-state index in [2.05, 4.69) is 46.4 Å². The first-order chi connectivity index (χ1) is 27.7. The number of nitro benzene ring substituents is 1. The van der Waals surface area contributed by atoms with E-state index in [-0.39, 0.29) is 22.2 Å². The van der Waals surface area contributed by atoms with Crippen molar-refractivity contribution in [3.8, 4) is 5.69 Å². The van der Waals surface area contributed by atoms with E-state index in [0.717, 1.165) is 80.5 Å². The number of nitrogens with zero attached hydrogens (tertiary/aromatic N) is 6. The highest BCUT2D eigenvalue weighted by atomic mass is 32.2. The number of benzene rings is 4. The van der Waals surface area contributed by atoms with E-state index >= 15 is 0 Å². The summed E-state index contributed by atoms with van der Waals surface area (Å²) in [5.74, 6) is 0.782. The molecule has 5 aromatic rings. The number of carbonyl (C=O) groups is 1. The fourth-order valence-electron chi connectivity index (χ4n) is 6.95. The molecule has 3 heterocycles. The Balaban J connectivity index is 0.957. The van der Waals surface area contributed by atoms with Crippen molar-refractivity contribution in [1.82, 2.24) is 24.1 Å². The van der Waals surface area contributed by atoms with Crippen LogP contribution < -0.4 is 14.9 Å². The van der Waals surface area contributed by atoms with E-state index in [4.69, 9.17) is 4.74 Å². The lowest BCUT2D eigenvalue weighted by Crippen LogP contribution is -2.46. The number of thioether (sulfide) groups is 1. The number of para-hydroxylation sites is 1. The zero-order chi connectivity index (χ0) is 39.6. The maximum atomic E-state index is 13.4. The van der Waals surface area contributed by atoms with Gasteiger partial charge in [0.1, 0.15) is 11.5 Å². The van der Waals surface area contributed by atoms with E-state index in [1.807, 2.05) is 60.9 Å². The Labute approximate surface area is 337 Å². The van der Waals surface area contributed by atoms with Crippen molar-refractivity contribution in [3.63, 3.8) is 0 Å². The van der Waals surface area contributed by atoms with Crippen LogP contribution in [0.3, 0.4) is 0 Å². The van der Waals surface area contributed by atoms with Crippen LogP contribution in [0.15, 0.2) is 125 Å². The van der Waals surface area contributed by atoms with Gasteiger partial charge in [0.2, 0.25) is 0 Å². The summed E-state index contributed by atoms with van der Waals surface area (Å²) in [5, 5.41) is 15.6. The van der Waals surface area contributed by atoms with Gasteiger partial charge in [-0.2, -0.15) is 0 Å². The maximum absolute atomic E-state index is 13.4. The smallest absolute Gasteiger partial charge is 0.293 e. The number of nitro groups is 1. The minimum atomic E-state index is -4.44. The third-order valence-electron chi connectivity index (χ3n) is 10.1. The number of amides is 1. The summed E-state index contributed by atoms with van der Waals surface area (Å²) in [6.07, 6.45) is 4.50. The van der Waals surface area contributed by atoms with Crippen molar-refractivity contribution >= 4 is 44.8 Å². The molecule has 4 aromatic carbocycles. The van der Waals surface area contributed by atoms with Crippen molar-refractivity contribution in [3.05, 3.63) is 137 Å². The Hall–Kier alpha value is -5.26. The van der Waals surface area contributed by atoms with Crippen molar-refractivity contribution in [1.29, 1.82) is 0 Å². The molecule has 2 fully saturated rings. The van der Waals surface area contributed by atoms with E-state index in [1.54, 1.807) is 36.0 Å². The fraction of sp³-hybridized carbons (Fsp3) is 0.317. The van der Waals surface area contributed by atoms with E-state index in [0.29, 0.717) is 25.4 Å². The van der Waals surface area contributed by atoms with Crippen LogP contribution in [0.4, 0.5) is 17.1 Å². The third kappa shape index (κ3) is 10.6. The molecule has 2 aliphatic rings. The molecule has 14 nitrogen and oxygen atoms in total. The van der Waals surface area contributed by atoms with Gasteiger partial charge in [0.25, 0.3) is 21.6 Å². The van der Waals surface area contributed by atoms with Crippen LogP contribution in [0.1, 0.15) is 22.6 Å². The van der Waals surface area contributed by atoms with E-state index in [1.165, 1.54) is 12.1 Å². The minimum absolute atomic E-state index is 0.152. The molecule has 0 spiro atoms. The molecule has 2 aliphatic heterocycles. The first kappa shape index (κ1) is 40.0. The van der Waals surface area contributed by atoms with Gasteiger partial charge in [-0.25, -0.2) is 18.1 Å². The molecular formula is C41H46N8O6S2. The SMILES string of the molecule is O=C(NS(=O)(=O)c1ccc(N[C@H](CCN2CCOCC2)CSc2ccccc2)c([N+](=O)[O-])c1)c1ccc(N2CCN(Cc3nccn3-c3ccccc3)CC2)cc1. The molecule has 57 heavy (non-hydrogen) atoms. The molecule has 0 radical (unpaired) electrons. The normalized spacial score (nSPS) is 15.9. The van der Waals surface area contributed by atoms with Crippen LogP contribution in [0, 0.1) is 10.1 Å². The van der Waals surface area contributed by atoms with Crippen LogP contribution in [-0.4, -0.2) is 109 Å². The summed E-state index contributed by atoms with van der Waals surface area (Å²) < 4.78 is 36.5. The molecule has 7 rings (SSSR count). The molecule has 298 valence electrons. The monoisotopic (exact) mass is 810 g/mol. The Morgan fingerprint density at radius 1 is 0.860 bits per heavy atom. The number of carbonyl (C=O) groups excluding carboxylic acids is 1. The number of nitrogens with one attached hydrogen (secondary N) is 2. The van der Waals surface area contributed by atoms with Crippen molar-refractivity contribution in [2.75, 3.05) is 75.0 Å². The van der Waals surface area contributed by atoms with Gasteiger partial charge in [0.05, 0.1) is 29.6 Å². The van der Waals surface area contributed by atoms with Crippen LogP contribution in [0.2, 0.25) is 0 Å². The molecule has 1 atom stereocenters. The van der Waals surface area contributed by atoms with Crippen molar-refractivity contribution in [2.45, 2.75) is 28.8 Å².